The van der Waals surface area contributed by atoms with Crippen LogP contribution in [0.5, 0.6) is 0 Å². The molecule has 0 unspecified atom stereocenters. The lowest BCUT2D eigenvalue weighted by Gasteiger charge is -2.37. The number of hydrogen-bond acceptors (Lipinski definition) is 15. The molecule has 0 spiro atoms. The lowest BCUT2D eigenvalue weighted by atomic mass is 10.0. The number of fused-ring (bicyclic) bond motifs is 4. The molecule has 8 aromatic rings. The van der Waals surface area contributed by atoms with Crippen molar-refractivity contribution >= 4 is 56.0 Å². The van der Waals surface area contributed by atoms with Crippen molar-refractivity contribution in [1.82, 2.24) is 62.3 Å². The Morgan fingerprint density at radius 3 is 1.75 bits per heavy atom. The van der Waals surface area contributed by atoms with Crippen LogP contribution in [0.4, 0.5) is 11.9 Å². The van der Waals surface area contributed by atoms with E-state index in [1.54, 1.807) is 37.1 Å². The van der Waals surface area contributed by atoms with E-state index >= 15 is 0 Å². The van der Waals surface area contributed by atoms with Crippen molar-refractivity contribution in [2.75, 3.05) is 42.5 Å². The Balaban J connectivity index is 0.936. The van der Waals surface area contributed by atoms with Gasteiger partial charge in [-0.2, -0.15) is 9.97 Å². The second kappa shape index (κ2) is 20.0. The van der Waals surface area contributed by atoms with Crippen LogP contribution in [-0.4, -0.2) is 107 Å². The second-order valence-electron chi connectivity index (χ2n) is 18.6. The van der Waals surface area contributed by atoms with Crippen molar-refractivity contribution < 1.29 is 0 Å². The molecule has 10 rings (SSSR count). The number of piperidine rings is 2. The number of aryl methyl sites for hydroxylation is 3. The first kappa shape index (κ1) is 48.1. The largest absolute Gasteiger partial charge is 0.341 e. The van der Waals surface area contributed by atoms with Gasteiger partial charge in [0.2, 0.25) is 11.9 Å². The fourth-order valence-corrected chi connectivity index (χ4v) is 10.3. The molecule has 0 amide bonds. The highest BCUT2D eigenvalue weighted by Gasteiger charge is 2.32. The van der Waals surface area contributed by atoms with Gasteiger partial charge < -0.3 is 15.5 Å². The molecule has 2 saturated heterocycles. The highest BCUT2D eigenvalue weighted by Crippen LogP contribution is 2.27. The normalized spacial score (nSPS) is 16.0. The predicted octanol–water partition coefficient (Wildman–Crippen LogP) is 2.57. The quantitative estimate of drug-likeness (QED) is 0.0992. The van der Waals surface area contributed by atoms with Crippen LogP contribution in [0.1, 0.15) is 62.6 Å². The lowest BCUT2D eigenvalue weighted by Crippen LogP contribution is -2.47. The molecular weight excluding hydrogens is 931 g/mol. The van der Waals surface area contributed by atoms with Crippen molar-refractivity contribution in [2.45, 2.75) is 91.1 Å². The topological polar surface area (TPSA) is 240 Å². The molecule has 2 N–H and O–H groups in total. The summed E-state index contributed by atoms with van der Waals surface area (Å²) in [6.07, 6.45) is 3.35. The van der Waals surface area contributed by atoms with E-state index in [0.717, 1.165) is 38.4 Å². The van der Waals surface area contributed by atoms with Crippen LogP contribution >= 0.6 is 0 Å². The Labute approximate surface area is 417 Å². The van der Waals surface area contributed by atoms with Crippen molar-refractivity contribution in [2.24, 2.45) is 25.1 Å². The number of nitroso groups, excluding NO2 is 1. The number of rotatable bonds is 13. The third-order valence-electron chi connectivity index (χ3n) is 13.9. The predicted molar refractivity (Wildman–Crippen MR) is 278 cm³/mol. The molecule has 8 heterocycles. The van der Waals surface area contributed by atoms with E-state index < -0.39 is 22.5 Å². The summed E-state index contributed by atoms with van der Waals surface area (Å²) in [4.78, 5) is 103. The third kappa shape index (κ3) is 8.88. The van der Waals surface area contributed by atoms with E-state index in [4.69, 9.17) is 25.7 Å². The number of para-hydroxylation sites is 2. The van der Waals surface area contributed by atoms with Crippen LogP contribution in [0.25, 0.3) is 44.1 Å². The smallest absolute Gasteiger partial charge is 0.332 e. The summed E-state index contributed by atoms with van der Waals surface area (Å²) in [6.45, 7) is 7.59. The summed E-state index contributed by atoms with van der Waals surface area (Å²) in [6, 6.07) is 14.6. The van der Waals surface area contributed by atoms with E-state index in [-0.39, 0.29) is 79.4 Å². The van der Waals surface area contributed by atoms with Gasteiger partial charge in [0.25, 0.3) is 11.1 Å². The van der Waals surface area contributed by atoms with Crippen LogP contribution in [0.15, 0.2) is 73.0 Å². The first-order valence-corrected chi connectivity index (χ1v) is 24.4. The van der Waals surface area contributed by atoms with E-state index in [2.05, 4.69) is 38.9 Å². The van der Waals surface area contributed by atoms with Crippen LogP contribution in [0.2, 0.25) is 0 Å². The Morgan fingerprint density at radius 2 is 1.19 bits per heavy atom. The number of nitrogens with two attached hydrogens (primary N) is 1. The monoisotopic (exact) mass is 985 g/mol. The molecular formula is C51H55N17O5. The molecule has 0 radical (unpaired) electrons. The molecule has 73 heavy (non-hydrogen) atoms. The molecule has 2 fully saturated rings. The zero-order valence-corrected chi connectivity index (χ0v) is 41.4. The second-order valence-corrected chi connectivity index (χ2v) is 18.6. The number of anilines is 2. The molecule has 0 bridgehead atoms. The van der Waals surface area contributed by atoms with Gasteiger partial charge in [-0.3, -0.25) is 42.0 Å². The zero-order valence-electron chi connectivity index (χ0n) is 41.4. The minimum absolute atomic E-state index is 0.0519. The number of benzene rings is 2. The van der Waals surface area contributed by atoms with Crippen molar-refractivity contribution in [3.05, 3.63) is 118 Å². The molecule has 0 saturated carbocycles. The van der Waals surface area contributed by atoms with Gasteiger partial charge in [0.05, 0.1) is 54.2 Å². The highest BCUT2D eigenvalue weighted by molar-refractivity contribution is 5.82. The average Bonchev–Trinajstić information content (AvgIpc) is 3.99. The first-order chi connectivity index (χ1) is 35.4. The molecule has 2 aliphatic heterocycles. The van der Waals surface area contributed by atoms with E-state index in [9.17, 15) is 24.1 Å². The number of imidazole rings is 2. The van der Waals surface area contributed by atoms with E-state index in [1.807, 2.05) is 65.3 Å². The van der Waals surface area contributed by atoms with Crippen molar-refractivity contribution in [1.29, 1.82) is 0 Å². The van der Waals surface area contributed by atoms with Crippen LogP contribution in [-0.2, 0) is 46.7 Å². The SMILES string of the molecule is CC#CCn1c(N2CCC[C@@H](N(CCc3nc(Cn4c(=O)c5c(nc(N6CCC[C@@H](N)C6)n5CC#CC)n(C)c4=O)nc4ccccc34)N=O)C2)nc2c1c(=O)n(Cc1nc(C)c3ccccc3n1)c(=O)n2C. The molecule has 2 atom stereocenters. The standard InChI is InChI=1S/C51H55N17O5/c1-6-8-25-64-42-44(57-48(64)62-23-14-16-33(52)28-62)60(4)51(72)67(47(42)70)31-41-55-38-21-13-11-19-36(38)39(56-41)22-27-68(59-73)34-17-15-24-63(29-34)49-58-45-43(65(49)26-9-7-2)46(69)66(50(71)61(45)5)30-40-53-32(3)35-18-10-12-20-37(35)54-40/h10-13,18-21,33-34H,14-17,22-31,52H2,1-5H3/t33-,34-/m1/s1. The summed E-state index contributed by atoms with van der Waals surface area (Å²) in [5, 5.41) is 6.67. The molecule has 6 aromatic heterocycles. The molecule has 22 nitrogen and oxygen atoms in total. The van der Waals surface area contributed by atoms with Crippen LogP contribution in [0, 0.1) is 35.5 Å². The molecule has 374 valence electrons. The maximum atomic E-state index is 14.5. The van der Waals surface area contributed by atoms with Gasteiger partial charge in [-0.1, -0.05) is 48.2 Å². The minimum atomic E-state index is -0.573. The van der Waals surface area contributed by atoms with Crippen LogP contribution in [0.3, 0.4) is 0 Å². The molecule has 2 aromatic carbocycles. The minimum Gasteiger partial charge on any atom is -0.341 e. The summed E-state index contributed by atoms with van der Waals surface area (Å²) in [5.74, 6) is 13.5. The zero-order chi connectivity index (χ0) is 51.1. The third-order valence-corrected chi connectivity index (χ3v) is 13.9. The fourth-order valence-electron chi connectivity index (χ4n) is 10.3. The maximum absolute atomic E-state index is 14.5. The summed E-state index contributed by atoms with van der Waals surface area (Å²) in [5.41, 5.74) is 7.70. The first-order valence-electron chi connectivity index (χ1n) is 24.4. The lowest BCUT2D eigenvalue weighted by molar-refractivity contribution is 0.180. The van der Waals surface area contributed by atoms with Crippen molar-refractivity contribution in [3.63, 3.8) is 0 Å². The maximum Gasteiger partial charge on any atom is 0.332 e. The highest BCUT2D eigenvalue weighted by atomic mass is 16.3. The Bertz CT molecular complexity index is 3880. The van der Waals surface area contributed by atoms with Gasteiger partial charge in [0.15, 0.2) is 22.3 Å². The number of hydrogen-bond donors (Lipinski definition) is 1. The Hall–Kier alpha value is -8.50. The van der Waals surface area contributed by atoms with E-state index in [1.165, 1.54) is 14.1 Å². The van der Waals surface area contributed by atoms with E-state index in [0.29, 0.717) is 73.5 Å². The van der Waals surface area contributed by atoms with Gasteiger partial charge in [0, 0.05) is 75.7 Å². The summed E-state index contributed by atoms with van der Waals surface area (Å²) >= 11 is 0. The molecule has 2 aliphatic rings. The molecule has 0 aliphatic carbocycles. The van der Waals surface area contributed by atoms with Gasteiger partial charge in [0.1, 0.15) is 11.6 Å². The summed E-state index contributed by atoms with van der Waals surface area (Å²) in [7, 11) is 3.17. The van der Waals surface area contributed by atoms with Gasteiger partial charge in [-0.05, 0) is 58.6 Å². The van der Waals surface area contributed by atoms with Gasteiger partial charge in [-0.15, -0.1) is 16.7 Å². The average molecular weight is 986 g/mol. The number of aromatic nitrogens is 12. The Morgan fingerprint density at radius 1 is 0.671 bits per heavy atom. The Kier molecular flexibility index (Phi) is 13.2. The van der Waals surface area contributed by atoms with Gasteiger partial charge >= 0.3 is 11.4 Å². The number of nitrogens with zero attached hydrogens (tertiary/aromatic N) is 16. The molecule has 22 heteroatoms. The van der Waals surface area contributed by atoms with Gasteiger partial charge in [-0.25, -0.2) is 29.5 Å². The fraction of sp³-hybridized carbons (Fsp3) is 0.412. The van der Waals surface area contributed by atoms with Crippen molar-refractivity contribution in [3.8, 4) is 23.7 Å². The summed E-state index contributed by atoms with van der Waals surface area (Å²) < 4.78 is 8.49. The van der Waals surface area contributed by atoms with Crippen LogP contribution < -0.4 is 38.0 Å².